The third-order valence-corrected chi connectivity index (χ3v) is 5.44. The zero-order valence-electron chi connectivity index (χ0n) is 16.6. The third kappa shape index (κ3) is 3.62. The summed E-state index contributed by atoms with van der Waals surface area (Å²) in [5.74, 6) is 0.185. The van der Waals surface area contributed by atoms with Gasteiger partial charge >= 0.3 is 0 Å². The van der Waals surface area contributed by atoms with Crippen molar-refractivity contribution in [1.29, 1.82) is 0 Å². The topological polar surface area (TPSA) is 86.7 Å². The van der Waals surface area contributed by atoms with Crippen molar-refractivity contribution < 1.29 is 9.53 Å². The fourth-order valence-corrected chi connectivity index (χ4v) is 3.83. The number of ether oxygens (including phenoxy) is 1. The highest BCUT2D eigenvalue weighted by molar-refractivity contribution is 6.30. The highest BCUT2D eigenvalue weighted by atomic mass is 35.5. The lowest BCUT2D eigenvalue weighted by atomic mass is 9.91. The molecule has 0 aliphatic carbocycles. The van der Waals surface area contributed by atoms with Crippen molar-refractivity contribution in [2.45, 2.75) is 12.5 Å². The van der Waals surface area contributed by atoms with E-state index in [2.05, 4.69) is 0 Å². The first-order valence-electron chi connectivity index (χ1n) is 9.39. The van der Waals surface area contributed by atoms with Crippen LogP contribution >= 0.6 is 11.6 Å². The Labute approximate surface area is 178 Å². The Morgan fingerprint density at radius 1 is 1.13 bits per heavy atom. The van der Waals surface area contributed by atoms with Gasteiger partial charge in [0.2, 0.25) is 5.91 Å². The molecule has 2 aromatic carbocycles. The lowest BCUT2D eigenvalue weighted by molar-refractivity contribution is -0.118. The van der Waals surface area contributed by atoms with Crippen LogP contribution in [0.25, 0.3) is 11.1 Å². The Balaban J connectivity index is 2.07. The Kier molecular flexibility index (Phi) is 5.18. The van der Waals surface area contributed by atoms with Crippen LogP contribution in [-0.2, 0) is 11.8 Å². The van der Waals surface area contributed by atoms with Gasteiger partial charge in [-0.2, -0.15) is 0 Å². The van der Waals surface area contributed by atoms with Crippen LogP contribution in [-0.4, -0.2) is 23.3 Å². The van der Waals surface area contributed by atoms with E-state index in [1.54, 1.807) is 32.5 Å². The smallest absolute Gasteiger partial charge is 0.250 e. The van der Waals surface area contributed by atoms with E-state index in [0.29, 0.717) is 22.0 Å². The predicted octanol–water partition coefficient (Wildman–Crippen LogP) is 3.48. The second kappa shape index (κ2) is 7.80. The molecule has 6 nitrogen and oxygen atoms in total. The number of amides is 1. The zero-order valence-corrected chi connectivity index (χ0v) is 17.3. The Bertz CT molecular complexity index is 1230. The Morgan fingerprint density at radius 3 is 2.53 bits per heavy atom. The number of methoxy groups -OCH3 is 1. The van der Waals surface area contributed by atoms with Gasteiger partial charge in [-0.25, -0.2) is 0 Å². The van der Waals surface area contributed by atoms with E-state index in [-0.39, 0.29) is 12.0 Å². The number of hydrogen-bond donors (Lipinski definition) is 1. The minimum absolute atomic E-state index is 0.0115. The molecule has 3 aromatic rings. The second-order valence-corrected chi connectivity index (χ2v) is 7.61. The lowest BCUT2D eigenvalue weighted by Gasteiger charge is -2.15. The molecule has 152 valence electrons. The van der Waals surface area contributed by atoms with Crippen molar-refractivity contribution in [2.75, 3.05) is 7.11 Å². The number of halogens is 1. The quantitative estimate of drug-likeness (QED) is 0.699. The molecule has 1 atom stereocenters. The summed E-state index contributed by atoms with van der Waals surface area (Å²) in [4.78, 5) is 29.1. The van der Waals surface area contributed by atoms with Gasteiger partial charge in [0.15, 0.2) is 0 Å². The van der Waals surface area contributed by atoms with Crippen molar-refractivity contribution >= 4 is 23.2 Å². The number of hydrogen-bond acceptors (Lipinski definition) is 4. The summed E-state index contributed by atoms with van der Waals surface area (Å²) < 4.78 is 6.96. The fourth-order valence-electron chi connectivity index (χ4n) is 3.71. The minimum Gasteiger partial charge on any atom is -0.497 e. The van der Waals surface area contributed by atoms with Crippen LogP contribution in [0.5, 0.6) is 5.75 Å². The Morgan fingerprint density at radius 2 is 1.87 bits per heavy atom. The molecular weight excluding hydrogens is 402 g/mol. The lowest BCUT2D eigenvalue weighted by Crippen LogP contribution is -2.20. The monoisotopic (exact) mass is 421 g/mol. The summed E-state index contributed by atoms with van der Waals surface area (Å²) in [5, 5.41) is 0.610. The van der Waals surface area contributed by atoms with Crippen molar-refractivity contribution in [3.8, 4) is 16.9 Å². The van der Waals surface area contributed by atoms with Gasteiger partial charge in [-0.3, -0.25) is 14.6 Å². The van der Waals surface area contributed by atoms with Gasteiger partial charge in [-0.1, -0.05) is 23.7 Å². The number of pyridine rings is 1. The maximum atomic E-state index is 12.4. The van der Waals surface area contributed by atoms with Gasteiger partial charge < -0.3 is 15.0 Å². The molecule has 2 N–H and O–H groups in total. The molecule has 4 rings (SSSR count). The summed E-state index contributed by atoms with van der Waals surface area (Å²) in [7, 11) is 3.30. The molecule has 7 heteroatoms. The van der Waals surface area contributed by atoms with Crippen molar-refractivity contribution in [2.24, 2.45) is 17.8 Å². The molecule has 0 saturated carbocycles. The van der Waals surface area contributed by atoms with Crippen LogP contribution in [0.1, 0.15) is 29.2 Å². The van der Waals surface area contributed by atoms with E-state index >= 15 is 0 Å². The molecule has 0 saturated heterocycles. The average molecular weight is 422 g/mol. The summed E-state index contributed by atoms with van der Waals surface area (Å²) in [6.07, 6.45) is 1.76. The van der Waals surface area contributed by atoms with Crippen LogP contribution in [0.2, 0.25) is 5.02 Å². The minimum atomic E-state index is -0.588. The van der Waals surface area contributed by atoms with Crippen LogP contribution in [0.4, 0.5) is 0 Å². The first-order chi connectivity index (χ1) is 14.4. The molecule has 1 unspecified atom stereocenters. The van der Waals surface area contributed by atoms with E-state index in [9.17, 15) is 9.59 Å². The summed E-state index contributed by atoms with van der Waals surface area (Å²) in [6, 6.07) is 14.0. The number of benzene rings is 2. The molecule has 0 fully saturated rings. The number of nitrogens with two attached hydrogens (primary N) is 1. The first kappa shape index (κ1) is 19.9. The molecule has 1 aromatic heterocycles. The van der Waals surface area contributed by atoms with Crippen LogP contribution in [0.3, 0.4) is 0 Å². The van der Waals surface area contributed by atoms with Gasteiger partial charge in [0.25, 0.3) is 5.56 Å². The number of carbonyl (C=O) groups is 1. The third-order valence-electron chi connectivity index (χ3n) is 5.19. The summed E-state index contributed by atoms with van der Waals surface area (Å²) in [6.45, 7) is 0. The standard InChI is InChI=1S/C23H20ClN3O3/c1-27-12-19-16-8-7-15(30-2)9-18(16)23(13-3-5-14(24)6-4-13)26-20(11-21(25)28)17(19)10-22(27)29/h3-10,12,20H,11H2,1-2H3,(H2,25,28). The maximum absolute atomic E-state index is 12.4. The number of nitrogens with zero attached hydrogens (tertiary/aromatic N) is 2. The number of aromatic nitrogens is 1. The molecule has 30 heavy (non-hydrogen) atoms. The van der Waals surface area contributed by atoms with Gasteiger partial charge in [0, 0.05) is 41.0 Å². The molecule has 0 bridgehead atoms. The normalized spacial score (nSPS) is 14.9. The van der Waals surface area contributed by atoms with Crippen LogP contribution in [0.15, 0.2) is 64.5 Å². The first-order valence-corrected chi connectivity index (χ1v) is 9.76. The van der Waals surface area contributed by atoms with Gasteiger partial charge in [-0.05, 0) is 41.5 Å². The van der Waals surface area contributed by atoms with Crippen LogP contribution < -0.4 is 16.0 Å². The number of aryl methyl sites for hydroxylation is 1. The SMILES string of the molecule is COc1ccc2c(c1)C(c1ccc(Cl)cc1)=NC(CC(N)=O)c1cc(=O)n(C)cc1-2. The number of aliphatic imine (C=N–C) groups is 1. The molecule has 1 aliphatic rings. The molecule has 0 spiro atoms. The van der Waals surface area contributed by atoms with E-state index in [1.165, 1.54) is 10.6 Å². The Hall–Kier alpha value is -3.38. The zero-order chi connectivity index (χ0) is 21.4. The van der Waals surface area contributed by atoms with E-state index in [4.69, 9.17) is 27.1 Å². The molecule has 0 radical (unpaired) electrons. The van der Waals surface area contributed by atoms with Crippen LogP contribution in [0, 0.1) is 0 Å². The van der Waals surface area contributed by atoms with E-state index in [0.717, 1.165) is 22.3 Å². The number of rotatable bonds is 4. The molecule has 1 aliphatic heterocycles. The fraction of sp³-hybridized carbons (Fsp3) is 0.174. The molecular formula is C23H20ClN3O3. The largest absolute Gasteiger partial charge is 0.497 e. The maximum Gasteiger partial charge on any atom is 0.250 e. The van der Waals surface area contributed by atoms with Gasteiger partial charge in [-0.15, -0.1) is 0 Å². The van der Waals surface area contributed by atoms with Crippen molar-refractivity contribution in [3.05, 3.63) is 86.8 Å². The summed E-state index contributed by atoms with van der Waals surface area (Å²) in [5.41, 5.74) is 10.1. The van der Waals surface area contributed by atoms with Gasteiger partial charge in [0.1, 0.15) is 5.75 Å². The molecule has 1 amide bonds. The number of carbonyl (C=O) groups excluding carboxylic acids is 1. The predicted molar refractivity (Wildman–Crippen MR) is 117 cm³/mol. The molecule has 2 heterocycles. The van der Waals surface area contributed by atoms with Crippen molar-refractivity contribution in [3.63, 3.8) is 0 Å². The average Bonchev–Trinajstić information content (AvgIpc) is 2.84. The highest BCUT2D eigenvalue weighted by Gasteiger charge is 2.27. The van der Waals surface area contributed by atoms with Crippen molar-refractivity contribution in [1.82, 2.24) is 4.57 Å². The highest BCUT2D eigenvalue weighted by Crippen LogP contribution is 2.39. The number of primary amides is 1. The van der Waals surface area contributed by atoms with E-state index < -0.39 is 11.9 Å². The second-order valence-electron chi connectivity index (χ2n) is 7.17. The van der Waals surface area contributed by atoms with E-state index in [1.807, 2.05) is 30.3 Å². The summed E-state index contributed by atoms with van der Waals surface area (Å²) >= 11 is 6.08. The van der Waals surface area contributed by atoms with Gasteiger partial charge in [0.05, 0.1) is 25.3 Å². The number of fused-ring (bicyclic) bond motifs is 3.